The average Bonchev–Trinajstić information content (AvgIpc) is 2.66. The Balaban J connectivity index is 2.10. The van der Waals surface area contributed by atoms with E-state index >= 15 is 0 Å². The number of methoxy groups -OCH3 is 1. The Kier molecular flexibility index (Phi) is 5.18. The Hall–Kier alpha value is -2.53. The predicted octanol–water partition coefficient (Wildman–Crippen LogP) is 4.77. The number of aryl methyl sites for hydroxylation is 2. The fourth-order valence-electron chi connectivity index (χ4n) is 3.28. The van der Waals surface area contributed by atoms with Crippen molar-refractivity contribution in [1.29, 1.82) is 0 Å². The fraction of sp³-hybridized carbons (Fsp3) is 0.238. The molecule has 0 bridgehead atoms. The molecule has 3 aromatic rings. The summed E-state index contributed by atoms with van der Waals surface area (Å²) in [5.74, 6) is 0.681. The SMILES string of the molecule is CCc1cccc2ccc(S(=O)(=O)Nc3ccc(OC)cc3)c(CC)c12. The molecular weight excluding hydrogens is 346 g/mol. The third kappa shape index (κ3) is 3.40. The van der Waals surface area contributed by atoms with Crippen molar-refractivity contribution < 1.29 is 13.2 Å². The minimum atomic E-state index is -3.68. The van der Waals surface area contributed by atoms with Gasteiger partial charge < -0.3 is 4.74 Å². The molecule has 0 spiro atoms. The summed E-state index contributed by atoms with van der Waals surface area (Å²) in [4.78, 5) is 0.337. The van der Waals surface area contributed by atoms with Crippen molar-refractivity contribution in [1.82, 2.24) is 0 Å². The van der Waals surface area contributed by atoms with Crippen LogP contribution >= 0.6 is 0 Å². The highest BCUT2D eigenvalue weighted by Gasteiger charge is 2.20. The van der Waals surface area contributed by atoms with Crippen LogP contribution in [0.3, 0.4) is 0 Å². The Morgan fingerprint density at radius 1 is 0.923 bits per heavy atom. The Labute approximate surface area is 154 Å². The first-order chi connectivity index (χ1) is 12.5. The fourth-order valence-corrected chi connectivity index (χ4v) is 4.66. The molecule has 0 heterocycles. The first-order valence-electron chi connectivity index (χ1n) is 8.70. The molecule has 0 radical (unpaired) electrons. The van der Waals surface area contributed by atoms with Gasteiger partial charge in [0.1, 0.15) is 5.75 Å². The zero-order chi connectivity index (χ0) is 18.7. The van der Waals surface area contributed by atoms with Gasteiger partial charge in [-0.2, -0.15) is 0 Å². The first-order valence-corrected chi connectivity index (χ1v) is 10.2. The lowest BCUT2D eigenvalue weighted by molar-refractivity contribution is 0.415. The molecule has 0 fully saturated rings. The molecule has 0 aliphatic rings. The quantitative estimate of drug-likeness (QED) is 0.681. The largest absolute Gasteiger partial charge is 0.497 e. The number of hydrogen-bond donors (Lipinski definition) is 1. The third-order valence-corrected chi connectivity index (χ3v) is 6.03. The van der Waals surface area contributed by atoms with Crippen LogP contribution in [-0.4, -0.2) is 15.5 Å². The van der Waals surface area contributed by atoms with Gasteiger partial charge in [-0.25, -0.2) is 8.42 Å². The summed E-state index contributed by atoms with van der Waals surface area (Å²) >= 11 is 0. The molecule has 0 unspecified atom stereocenters. The number of nitrogens with one attached hydrogen (secondary N) is 1. The maximum absolute atomic E-state index is 13.0. The van der Waals surface area contributed by atoms with Crippen LogP contribution in [-0.2, 0) is 22.9 Å². The molecule has 0 saturated carbocycles. The van der Waals surface area contributed by atoms with E-state index in [1.807, 2.05) is 25.1 Å². The summed E-state index contributed by atoms with van der Waals surface area (Å²) in [5.41, 5.74) is 2.54. The maximum Gasteiger partial charge on any atom is 0.262 e. The van der Waals surface area contributed by atoms with Crippen molar-refractivity contribution in [2.24, 2.45) is 0 Å². The van der Waals surface area contributed by atoms with Crippen molar-refractivity contribution in [2.75, 3.05) is 11.8 Å². The molecule has 0 amide bonds. The second-order valence-corrected chi connectivity index (χ2v) is 7.75. The van der Waals surface area contributed by atoms with Gasteiger partial charge in [-0.3, -0.25) is 4.72 Å². The number of rotatable bonds is 6. The summed E-state index contributed by atoms with van der Waals surface area (Å²) in [6.45, 7) is 4.08. The van der Waals surface area contributed by atoms with Crippen molar-refractivity contribution in [3.8, 4) is 5.75 Å². The van der Waals surface area contributed by atoms with Gasteiger partial charge in [0, 0.05) is 5.69 Å². The molecular formula is C21H23NO3S. The molecule has 5 heteroatoms. The van der Waals surface area contributed by atoms with Crippen LogP contribution in [0.15, 0.2) is 59.5 Å². The standard InChI is InChI=1S/C21H23NO3S/c1-4-15-7-6-8-16-9-14-20(19(5-2)21(15)16)26(23,24)22-17-10-12-18(25-3)13-11-17/h6-14,22H,4-5H2,1-3H3. The maximum atomic E-state index is 13.0. The molecule has 4 nitrogen and oxygen atoms in total. The smallest absolute Gasteiger partial charge is 0.262 e. The van der Waals surface area contributed by atoms with Crippen LogP contribution < -0.4 is 9.46 Å². The van der Waals surface area contributed by atoms with Crippen molar-refractivity contribution in [3.05, 3.63) is 65.7 Å². The zero-order valence-corrected chi connectivity index (χ0v) is 16.1. The van der Waals surface area contributed by atoms with Crippen molar-refractivity contribution in [3.63, 3.8) is 0 Å². The van der Waals surface area contributed by atoms with Crippen molar-refractivity contribution in [2.45, 2.75) is 31.6 Å². The van der Waals surface area contributed by atoms with Gasteiger partial charge in [0.05, 0.1) is 12.0 Å². The molecule has 1 N–H and O–H groups in total. The Bertz CT molecular complexity index is 1030. The van der Waals surface area contributed by atoms with Crippen LogP contribution in [0.1, 0.15) is 25.0 Å². The lowest BCUT2D eigenvalue weighted by atomic mass is 9.96. The van der Waals surface area contributed by atoms with Crippen LogP contribution in [0.5, 0.6) is 5.75 Å². The molecule has 136 valence electrons. The van der Waals surface area contributed by atoms with E-state index in [4.69, 9.17) is 4.74 Å². The van der Waals surface area contributed by atoms with E-state index in [9.17, 15) is 8.42 Å². The average molecular weight is 369 g/mol. The zero-order valence-electron chi connectivity index (χ0n) is 15.2. The summed E-state index contributed by atoms with van der Waals surface area (Å²) in [5, 5.41) is 2.12. The van der Waals surface area contributed by atoms with Gasteiger partial charge in [0.15, 0.2) is 0 Å². The Morgan fingerprint density at radius 2 is 1.65 bits per heavy atom. The minimum absolute atomic E-state index is 0.337. The number of benzene rings is 3. The Morgan fingerprint density at radius 3 is 2.27 bits per heavy atom. The van der Waals surface area contributed by atoms with E-state index in [0.717, 1.165) is 22.8 Å². The van der Waals surface area contributed by atoms with Crippen molar-refractivity contribution >= 4 is 26.5 Å². The summed E-state index contributed by atoms with van der Waals surface area (Å²) in [6, 6.07) is 16.5. The second-order valence-electron chi connectivity index (χ2n) is 6.10. The van der Waals surface area contributed by atoms with Gasteiger partial charge in [-0.1, -0.05) is 38.1 Å². The summed E-state index contributed by atoms with van der Waals surface area (Å²) in [6.07, 6.45) is 1.51. The molecule has 0 aromatic heterocycles. The normalized spacial score (nSPS) is 11.5. The number of sulfonamides is 1. The van der Waals surface area contributed by atoms with Crippen LogP contribution in [0, 0.1) is 0 Å². The van der Waals surface area contributed by atoms with E-state index in [1.54, 1.807) is 37.4 Å². The molecule has 0 aliphatic heterocycles. The first kappa shape index (κ1) is 18.3. The lowest BCUT2D eigenvalue weighted by Gasteiger charge is -2.16. The molecule has 0 atom stereocenters. The number of hydrogen-bond acceptors (Lipinski definition) is 3. The number of anilines is 1. The number of ether oxygens (including phenoxy) is 1. The van der Waals surface area contributed by atoms with Crippen LogP contribution in [0.25, 0.3) is 10.8 Å². The third-order valence-electron chi connectivity index (χ3n) is 4.56. The van der Waals surface area contributed by atoms with E-state index in [0.29, 0.717) is 22.8 Å². The van der Waals surface area contributed by atoms with E-state index < -0.39 is 10.0 Å². The highest BCUT2D eigenvalue weighted by Crippen LogP contribution is 2.31. The number of fused-ring (bicyclic) bond motifs is 1. The molecule has 0 aliphatic carbocycles. The van der Waals surface area contributed by atoms with E-state index in [2.05, 4.69) is 17.7 Å². The van der Waals surface area contributed by atoms with Gasteiger partial charge in [0.25, 0.3) is 10.0 Å². The highest BCUT2D eigenvalue weighted by molar-refractivity contribution is 7.92. The molecule has 3 aromatic carbocycles. The molecule has 3 rings (SSSR count). The summed E-state index contributed by atoms with van der Waals surface area (Å²) in [7, 11) is -2.11. The van der Waals surface area contributed by atoms with Gasteiger partial charge in [-0.15, -0.1) is 0 Å². The van der Waals surface area contributed by atoms with Gasteiger partial charge >= 0.3 is 0 Å². The lowest BCUT2D eigenvalue weighted by Crippen LogP contribution is -2.15. The highest BCUT2D eigenvalue weighted by atomic mass is 32.2. The topological polar surface area (TPSA) is 55.4 Å². The second kappa shape index (κ2) is 7.38. The minimum Gasteiger partial charge on any atom is -0.497 e. The molecule has 0 saturated heterocycles. The van der Waals surface area contributed by atoms with Gasteiger partial charge in [0.2, 0.25) is 0 Å². The predicted molar refractivity (Wildman–Crippen MR) is 107 cm³/mol. The molecule has 26 heavy (non-hydrogen) atoms. The van der Waals surface area contributed by atoms with Crippen LogP contribution in [0.4, 0.5) is 5.69 Å². The van der Waals surface area contributed by atoms with Gasteiger partial charge in [-0.05, 0) is 65.1 Å². The van der Waals surface area contributed by atoms with E-state index in [1.165, 1.54) is 5.56 Å². The van der Waals surface area contributed by atoms with Crippen LogP contribution in [0.2, 0.25) is 0 Å². The van der Waals surface area contributed by atoms with E-state index in [-0.39, 0.29) is 0 Å². The summed E-state index contributed by atoms with van der Waals surface area (Å²) < 4.78 is 33.9. The monoisotopic (exact) mass is 369 g/mol.